The molecule has 0 bridgehead atoms. The van der Waals surface area contributed by atoms with Gasteiger partial charge in [0.15, 0.2) is 0 Å². The SMILES string of the molecule is CCC1c2ccccc2-c2ccccc21.[KH]. The quantitative estimate of drug-likeness (QED) is 0.662. The van der Waals surface area contributed by atoms with Gasteiger partial charge in [0, 0.05) is 5.92 Å². The summed E-state index contributed by atoms with van der Waals surface area (Å²) in [5.41, 5.74) is 5.86. The van der Waals surface area contributed by atoms with Crippen LogP contribution in [0.15, 0.2) is 48.5 Å². The summed E-state index contributed by atoms with van der Waals surface area (Å²) in [5.74, 6) is 0.609. The van der Waals surface area contributed by atoms with Gasteiger partial charge in [0.2, 0.25) is 0 Å². The van der Waals surface area contributed by atoms with Crippen LogP contribution in [0.2, 0.25) is 0 Å². The Kier molecular flexibility index (Phi) is 4.04. The Balaban J connectivity index is 0.000000963. The van der Waals surface area contributed by atoms with Crippen LogP contribution in [0.5, 0.6) is 0 Å². The van der Waals surface area contributed by atoms with Crippen LogP contribution in [0, 0.1) is 0 Å². The Bertz CT molecular complexity index is 457. The first-order chi connectivity index (χ1) is 7.42. The van der Waals surface area contributed by atoms with Crippen LogP contribution >= 0.6 is 0 Å². The van der Waals surface area contributed by atoms with Crippen molar-refractivity contribution in [3.63, 3.8) is 0 Å². The zero-order chi connectivity index (χ0) is 10.3. The van der Waals surface area contributed by atoms with E-state index in [4.69, 9.17) is 0 Å². The summed E-state index contributed by atoms with van der Waals surface area (Å²) in [6.07, 6.45) is 1.19. The van der Waals surface area contributed by atoms with E-state index in [0.29, 0.717) is 5.92 Å². The average Bonchev–Trinajstić information content (AvgIpc) is 2.63. The fourth-order valence-electron chi connectivity index (χ4n) is 2.70. The molecular weight excluding hydrogens is 219 g/mol. The Morgan fingerprint density at radius 1 is 0.812 bits per heavy atom. The predicted octanol–water partition coefficient (Wildman–Crippen LogP) is 3.56. The number of hydrogen-bond acceptors (Lipinski definition) is 0. The first-order valence-corrected chi connectivity index (χ1v) is 5.60. The van der Waals surface area contributed by atoms with E-state index >= 15 is 0 Å². The van der Waals surface area contributed by atoms with Crippen molar-refractivity contribution in [1.82, 2.24) is 0 Å². The van der Waals surface area contributed by atoms with E-state index in [2.05, 4.69) is 55.5 Å². The van der Waals surface area contributed by atoms with Crippen molar-refractivity contribution in [2.45, 2.75) is 19.3 Å². The molecule has 76 valence electrons. The molecule has 0 amide bonds. The average molecular weight is 234 g/mol. The van der Waals surface area contributed by atoms with Crippen molar-refractivity contribution in [3.05, 3.63) is 59.7 Å². The van der Waals surface area contributed by atoms with Gasteiger partial charge in [-0.3, -0.25) is 0 Å². The first kappa shape index (κ1) is 12.5. The van der Waals surface area contributed by atoms with Crippen molar-refractivity contribution in [1.29, 1.82) is 0 Å². The Hall–Kier alpha value is 0.0764. The first-order valence-electron chi connectivity index (χ1n) is 5.60. The van der Waals surface area contributed by atoms with Gasteiger partial charge >= 0.3 is 51.4 Å². The molecule has 0 unspecified atom stereocenters. The van der Waals surface area contributed by atoms with E-state index in [1.807, 2.05) is 0 Å². The normalized spacial score (nSPS) is 12.8. The fraction of sp³-hybridized carbons (Fsp3) is 0.200. The molecule has 1 aliphatic carbocycles. The molecule has 0 saturated carbocycles. The summed E-state index contributed by atoms with van der Waals surface area (Å²) in [4.78, 5) is 0. The van der Waals surface area contributed by atoms with Gasteiger partial charge < -0.3 is 0 Å². The summed E-state index contributed by atoms with van der Waals surface area (Å²) < 4.78 is 0. The van der Waals surface area contributed by atoms with Gasteiger partial charge in [-0.25, -0.2) is 0 Å². The molecule has 0 spiro atoms. The van der Waals surface area contributed by atoms with E-state index in [0.717, 1.165) is 0 Å². The minimum atomic E-state index is 0. The van der Waals surface area contributed by atoms with Crippen molar-refractivity contribution in [2.75, 3.05) is 0 Å². The predicted molar refractivity (Wildman–Crippen MR) is 71.2 cm³/mol. The monoisotopic (exact) mass is 234 g/mol. The molecule has 2 aromatic carbocycles. The van der Waals surface area contributed by atoms with Crippen LogP contribution < -0.4 is 0 Å². The van der Waals surface area contributed by atoms with Gasteiger partial charge in [0.25, 0.3) is 0 Å². The van der Waals surface area contributed by atoms with E-state index in [1.165, 1.54) is 28.7 Å². The Morgan fingerprint density at radius 2 is 1.25 bits per heavy atom. The second-order valence-corrected chi connectivity index (χ2v) is 4.14. The van der Waals surface area contributed by atoms with Crippen molar-refractivity contribution in [2.24, 2.45) is 0 Å². The molecular formula is C15H15K. The molecule has 0 heterocycles. The third kappa shape index (κ3) is 1.85. The van der Waals surface area contributed by atoms with Gasteiger partial charge in [0.1, 0.15) is 0 Å². The van der Waals surface area contributed by atoms with Gasteiger partial charge in [0.05, 0.1) is 0 Å². The molecule has 16 heavy (non-hydrogen) atoms. The van der Waals surface area contributed by atoms with Crippen LogP contribution in [0.3, 0.4) is 0 Å². The van der Waals surface area contributed by atoms with E-state index < -0.39 is 0 Å². The van der Waals surface area contributed by atoms with Gasteiger partial charge in [-0.1, -0.05) is 55.5 Å². The summed E-state index contributed by atoms with van der Waals surface area (Å²) in [6.45, 7) is 2.27. The molecule has 0 saturated heterocycles. The molecule has 0 N–H and O–H groups in total. The molecule has 3 rings (SSSR count). The van der Waals surface area contributed by atoms with Crippen molar-refractivity contribution in [3.8, 4) is 11.1 Å². The third-order valence-electron chi connectivity index (χ3n) is 3.37. The van der Waals surface area contributed by atoms with Crippen LogP contribution in [0.4, 0.5) is 0 Å². The number of rotatable bonds is 1. The van der Waals surface area contributed by atoms with E-state index in [9.17, 15) is 0 Å². The van der Waals surface area contributed by atoms with E-state index in [1.54, 1.807) is 0 Å². The number of fused-ring (bicyclic) bond motifs is 3. The molecule has 1 aliphatic rings. The number of hydrogen-bond donors (Lipinski definition) is 0. The Morgan fingerprint density at radius 3 is 1.69 bits per heavy atom. The van der Waals surface area contributed by atoms with Crippen LogP contribution in [0.25, 0.3) is 11.1 Å². The second kappa shape index (κ2) is 5.15. The second-order valence-electron chi connectivity index (χ2n) is 4.14. The molecule has 2 aromatic rings. The van der Waals surface area contributed by atoms with Gasteiger partial charge in [-0.15, -0.1) is 0 Å². The maximum atomic E-state index is 2.27. The summed E-state index contributed by atoms with van der Waals surface area (Å²) in [7, 11) is 0. The zero-order valence-electron chi connectivity index (χ0n) is 8.90. The van der Waals surface area contributed by atoms with Gasteiger partial charge in [-0.2, -0.15) is 0 Å². The topological polar surface area (TPSA) is 0 Å². The molecule has 0 fully saturated rings. The summed E-state index contributed by atoms with van der Waals surface area (Å²) >= 11 is 0. The molecule has 0 nitrogen and oxygen atoms in total. The summed E-state index contributed by atoms with van der Waals surface area (Å²) in [6, 6.07) is 17.6. The summed E-state index contributed by atoms with van der Waals surface area (Å²) in [5, 5.41) is 0. The minimum absolute atomic E-state index is 0. The Labute approximate surface area is 140 Å². The standard InChI is InChI=1S/C15H14.K.H/c1-2-11-12-7-3-5-9-14(12)15-10-6-4-8-13(11)15;;/h3-11H,2H2,1H3;;. The third-order valence-corrected chi connectivity index (χ3v) is 3.37. The molecule has 0 radical (unpaired) electrons. The van der Waals surface area contributed by atoms with Crippen LogP contribution in [-0.4, -0.2) is 51.4 Å². The molecule has 0 aliphatic heterocycles. The van der Waals surface area contributed by atoms with Crippen LogP contribution in [-0.2, 0) is 0 Å². The molecule has 0 atom stereocenters. The van der Waals surface area contributed by atoms with E-state index in [-0.39, 0.29) is 51.4 Å². The molecule has 1 heteroatoms. The maximum absolute atomic E-state index is 2.27. The van der Waals surface area contributed by atoms with Crippen molar-refractivity contribution < 1.29 is 0 Å². The fourth-order valence-corrected chi connectivity index (χ4v) is 2.70. The molecule has 0 aromatic heterocycles. The van der Waals surface area contributed by atoms with Crippen molar-refractivity contribution >= 4 is 51.4 Å². The van der Waals surface area contributed by atoms with Gasteiger partial charge in [-0.05, 0) is 28.7 Å². The van der Waals surface area contributed by atoms with Crippen LogP contribution in [0.1, 0.15) is 30.4 Å². The zero-order valence-corrected chi connectivity index (χ0v) is 8.90. The number of benzene rings is 2.